The number of nitrogens with zero attached hydrogens (tertiary/aromatic N) is 3. The van der Waals surface area contributed by atoms with Crippen LogP contribution in [0.4, 0.5) is 0 Å². The predicted molar refractivity (Wildman–Crippen MR) is 91.9 cm³/mol. The van der Waals surface area contributed by atoms with Gasteiger partial charge in [-0.2, -0.15) is 5.10 Å². The molecule has 0 saturated carbocycles. The lowest BCUT2D eigenvalue weighted by Crippen LogP contribution is -2.30. The number of rotatable bonds is 3. The quantitative estimate of drug-likeness (QED) is 0.816. The maximum atomic E-state index is 12.4. The topological polar surface area (TPSA) is 38.1 Å². The molecule has 1 amide bonds. The van der Waals surface area contributed by atoms with Gasteiger partial charge in [-0.3, -0.25) is 9.48 Å². The van der Waals surface area contributed by atoms with Gasteiger partial charge in [0.25, 0.3) is 0 Å². The van der Waals surface area contributed by atoms with Crippen molar-refractivity contribution in [2.24, 2.45) is 7.05 Å². The van der Waals surface area contributed by atoms with Crippen molar-refractivity contribution in [3.63, 3.8) is 0 Å². The first kappa shape index (κ1) is 15.5. The number of hydrogen-bond acceptors (Lipinski definition) is 2. The van der Waals surface area contributed by atoms with E-state index in [1.54, 1.807) is 17.0 Å². The average molecular weight is 309 g/mol. The Bertz CT molecular complexity index is 675. The molecule has 1 aliphatic rings. The largest absolute Gasteiger partial charge is 0.339 e. The van der Waals surface area contributed by atoms with E-state index in [2.05, 4.69) is 35.4 Å². The molecule has 0 N–H and O–H groups in total. The molecule has 3 rings (SSSR count). The number of aromatic nitrogens is 2. The highest BCUT2D eigenvalue weighted by atomic mass is 16.2. The van der Waals surface area contributed by atoms with Crippen molar-refractivity contribution in [2.75, 3.05) is 13.1 Å². The van der Waals surface area contributed by atoms with Crippen LogP contribution in [0.3, 0.4) is 0 Å². The predicted octanol–water partition coefficient (Wildman–Crippen LogP) is 3.23. The van der Waals surface area contributed by atoms with Crippen molar-refractivity contribution in [1.82, 2.24) is 14.7 Å². The molecule has 0 spiro atoms. The second-order valence-electron chi connectivity index (χ2n) is 6.14. The van der Waals surface area contributed by atoms with Crippen LogP contribution >= 0.6 is 0 Å². The molecule has 1 aliphatic heterocycles. The van der Waals surface area contributed by atoms with Gasteiger partial charge in [0.05, 0.1) is 6.20 Å². The van der Waals surface area contributed by atoms with Crippen molar-refractivity contribution in [1.29, 1.82) is 0 Å². The third kappa shape index (κ3) is 4.09. The van der Waals surface area contributed by atoms with Gasteiger partial charge in [-0.25, -0.2) is 0 Å². The molecule has 0 radical (unpaired) electrons. The summed E-state index contributed by atoms with van der Waals surface area (Å²) in [5.41, 5.74) is 2.35. The standard InChI is InChI=1S/C19H23N3O/c1-21-15-16(14-20-21)9-10-19(23)22-12-5-8-18(11-13-22)17-6-3-2-4-7-17/h2-4,6-7,9-10,14-15,18H,5,8,11-13H2,1H3/b10-9-/t18-/m1/s1. The summed E-state index contributed by atoms with van der Waals surface area (Å²) in [6, 6.07) is 10.6. The summed E-state index contributed by atoms with van der Waals surface area (Å²) in [5, 5.41) is 4.11. The van der Waals surface area contributed by atoms with Gasteiger partial charge in [-0.1, -0.05) is 30.3 Å². The van der Waals surface area contributed by atoms with Crippen molar-refractivity contribution in [2.45, 2.75) is 25.2 Å². The summed E-state index contributed by atoms with van der Waals surface area (Å²) in [6.07, 6.45) is 10.4. The van der Waals surface area contributed by atoms with Crippen LogP contribution < -0.4 is 0 Å². The van der Waals surface area contributed by atoms with Crippen LogP contribution in [0, 0.1) is 0 Å². The number of hydrogen-bond donors (Lipinski definition) is 0. The van der Waals surface area contributed by atoms with Gasteiger partial charge in [0.2, 0.25) is 5.91 Å². The van der Waals surface area contributed by atoms with E-state index in [0.29, 0.717) is 5.92 Å². The highest BCUT2D eigenvalue weighted by molar-refractivity contribution is 5.91. The van der Waals surface area contributed by atoms with Gasteiger partial charge in [0.15, 0.2) is 0 Å². The minimum absolute atomic E-state index is 0.0996. The van der Waals surface area contributed by atoms with Crippen LogP contribution in [0.2, 0.25) is 0 Å². The van der Waals surface area contributed by atoms with E-state index in [1.807, 2.05) is 24.2 Å². The lowest BCUT2D eigenvalue weighted by molar-refractivity contribution is -0.125. The molecule has 0 bridgehead atoms. The highest BCUT2D eigenvalue weighted by Gasteiger charge is 2.20. The van der Waals surface area contributed by atoms with E-state index in [0.717, 1.165) is 37.9 Å². The van der Waals surface area contributed by atoms with E-state index in [4.69, 9.17) is 0 Å². The second-order valence-corrected chi connectivity index (χ2v) is 6.14. The number of amides is 1. The van der Waals surface area contributed by atoms with Crippen LogP contribution in [0.25, 0.3) is 6.08 Å². The third-order valence-corrected chi connectivity index (χ3v) is 4.45. The molecule has 120 valence electrons. The van der Waals surface area contributed by atoms with E-state index < -0.39 is 0 Å². The highest BCUT2D eigenvalue weighted by Crippen LogP contribution is 2.27. The van der Waals surface area contributed by atoms with Gasteiger partial charge in [0.1, 0.15) is 0 Å². The Morgan fingerprint density at radius 1 is 1.22 bits per heavy atom. The molecule has 4 heteroatoms. The third-order valence-electron chi connectivity index (χ3n) is 4.45. The molecule has 1 saturated heterocycles. The van der Waals surface area contributed by atoms with Crippen LogP contribution in [0.15, 0.2) is 48.8 Å². The number of aryl methyl sites for hydroxylation is 1. The van der Waals surface area contributed by atoms with Crippen LogP contribution in [-0.2, 0) is 11.8 Å². The first-order chi connectivity index (χ1) is 11.2. The summed E-state index contributed by atoms with van der Waals surface area (Å²) in [5.74, 6) is 0.666. The van der Waals surface area contributed by atoms with Gasteiger partial charge in [-0.15, -0.1) is 0 Å². The first-order valence-electron chi connectivity index (χ1n) is 8.23. The summed E-state index contributed by atoms with van der Waals surface area (Å²) in [4.78, 5) is 14.4. The first-order valence-corrected chi connectivity index (χ1v) is 8.23. The average Bonchev–Trinajstić information content (AvgIpc) is 2.85. The lowest BCUT2D eigenvalue weighted by Gasteiger charge is -2.19. The summed E-state index contributed by atoms with van der Waals surface area (Å²) < 4.78 is 1.74. The molecule has 23 heavy (non-hydrogen) atoms. The Kier molecular flexibility index (Phi) is 4.91. The molecular formula is C19H23N3O. The van der Waals surface area contributed by atoms with Gasteiger partial charge in [0, 0.05) is 38.0 Å². The molecule has 4 nitrogen and oxygen atoms in total. The molecule has 2 heterocycles. The maximum absolute atomic E-state index is 12.4. The zero-order valence-corrected chi connectivity index (χ0v) is 13.6. The van der Waals surface area contributed by atoms with E-state index >= 15 is 0 Å². The Balaban J connectivity index is 1.59. The molecular weight excluding hydrogens is 286 g/mol. The molecule has 0 unspecified atom stereocenters. The molecule has 1 fully saturated rings. The SMILES string of the molecule is Cn1cc(/C=C\C(=O)N2CCC[C@@H](c3ccccc3)CC2)cn1. The fourth-order valence-corrected chi connectivity index (χ4v) is 3.17. The maximum Gasteiger partial charge on any atom is 0.246 e. The number of benzene rings is 1. The minimum Gasteiger partial charge on any atom is -0.339 e. The Morgan fingerprint density at radius 2 is 2.04 bits per heavy atom. The summed E-state index contributed by atoms with van der Waals surface area (Å²) >= 11 is 0. The molecule has 2 aromatic rings. The van der Waals surface area contributed by atoms with Crippen LogP contribution in [-0.4, -0.2) is 33.7 Å². The molecule has 1 aromatic heterocycles. The second kappa shape index (κ2) is 7.27. The molecule has 1 aromatic carbocycles. The monoisotopic (exact) mass is 309 g/mol. The van der Waals surface area contributed by atoms with Gasteiger partial charge in [-0.05, 0) is 36.8 Å². The van der Waals surface area contributed by atoms with Crippen molar-refractivity contribution in [3.05, 3.63) is 59.9 Å². The Labute approximate surface area is 137 Å². The fourth-order valence-electron chi connectivity index (χ4n) is 3.17. The van der Waals surface area contributed by atoms with E-state index in [-0.39, 0.29) is 5.91 Å². The molecule has 1 atom stereocenters. The van der Waals surface area contributed by atoms with Gasteiger partial charge < -0.3 is 4.90 Å². The minimum atomic E-state index is 0.0996. The Morgan fingerprint density at radius 3 is 2.78 bits per heavy atom. The zero-order chi connectivity index (χ0) is 16.1. The normalized spacial score (nSPS) is 19.0. The number of likely N-dealkylation sites (tertiary alicyclic amines) is 1. The van der Waals surface area contributed by atoms with E-state index in [9.17, 15) is 4.79 Å². The van der Waals surface area contributed by atoms with Crippen molar-refractivity contribution in [3.8, 4) is 0 Å². The van der Waals surface area contributed by atoms with Crippen molar-refractivity contribution >= 4 is 12.0 Å². The van der Waals surface area contributed by atoms with Gasteiger partial charge >= 0.3 is 0 Å². The smallest absolute Gasteiger partial charge is 0.246 e. The van der Waals surface area contributed by atoms with Crippen LogP contribution in [0.5, 0.6) is 0 Å². The summed E-state index contributed by atoms with van der Waals surface area (Å²) in [7, 11) is 1.87. The molecule has 0 aliphatic carbocycles. The number of carbonyl (C=O) groups excluding carboxylic acids is 1. The number of carbonyl (C=O) groups is 1. The Hall–Kier alpha value is -2.36. The van der Waals surface area contributed by atoms with E-state index in [1.165, 1.54) is 5.56 Å². The lowest BCUT2D eigenvalue weighted by atomic mass is 9.92. The fraction of sp³-hybridized carbons (Fsp3) is 0.368. The van der Waals surface area contributed by atoms with Crippen molar-refractivity contribution < 1.29 is 4.79 Å². The zero-order valence-electron chi connectivity index (χ0n) is 13.6. The van der Waals surface area contributed by atoms with Crippen LogP contribution in [0.1, 0.15) is 36.3 Å². The summed E-state index contributed by atoms with van der Waals surface area (Å²) in [6.45, 7) is 1.68.